The van der Waals surface area contributed by atoms with Crippen molar-refractivity contribution in [2.24, 2.45) is 0 Å². The van der Waals surface area contributed by atoms with Gasteiger partial charge in [0.05, 0.1) is 19.9 Å². The summed E-state index contributed by atoms with van der Waals surface area (Å²) in [6.07, 6.45) is 3.79. The number of methoxy groups -OCH3 is 2. The van der Waals surface area contributed by atoms with Crippen LogP contribution in [0.5, 0.6) is 11.5 Å². The molecule has 1 fully saturated rings. The number of hydrogen-bond donors (Lipinski definition) is 0. The molecular weight excluding hydrogens is 402 g/mol. The zero-order chi connectivity index (χ0) is 22.1. The predicted octanol–water partition coefficient (Wildman–Crippen LogP) is 4.28. The van der Waals surface area contributed by atoms with Gasteiger partial charge in [-0.15, -0.1) is 0 Å². The standard InChI is InChI=1S/C26H27N3O3/c1-31-20-9-5-17(6-10-20)24-22-13-15-29(26(30)19-7-11-21(32-2)12-8-19)16-14-23(22)27-25(28-24)18-3-4-18/h5-12,18H,3-4,13-16H2,1-2H3. The summed E-state index contributed by atoms with van der Waals surface area (Å²) in [7, 11) is 3.30. The van der Waals surface area contributed by atoms with Gasteiger partial charge in [-0.1, -0.05) is 0 Å². The van der Waals surface area contributed by atoms with Gasteiger partial charge >= 0.3 is 0 Å². The van der Waals surface area contributed by atoms with Crippen molar-refractivity contribution in [2.45, 2.75) is 31.6 Å². The molecule has 0 atom stereocenters. The Labute approximate surface area is 188 Å². The molecule has 164 valence electrons. The molecule has 0 radical (unpaired) electrons. The fourth-order valence-corrected chi connectivity index (χ4v) is 4.25. The lowest BCUT2D eigenvalue weighted by Gasteiger charge is -2.20. The van der Waals surface area contributed by atoms with Crippen molar-refractivity contribution >= 4 is 5.91 Å². The van der Waals surface area contributed by atoms with Crippen LogP contribution in [0.25, 0.3) is 11.3 Å². The Balaban J connectivity index is 1.44. The molecule has 1 aliphatic heterocycles. The number of hydrogen-bond acceptors (Lipinski definition) is 5. The second-order valence-corrected chi connectivity index (χ2v) is 8.38. The Kier molecular flexibility index (Phi) is 5.52. The zero-order valence-corrected chi connectivity index (χ0v) is 18.5. The molecular formula is C26H27N3O3. The lowest BCUT2D eigenvalue weighted by Crippen LogP contribution is -2.33. The summed E-state index contributed by atoms with van der Waals surface area (Å²) in [4.78, 5) is 25.0. The lowest BCUT2D eigenvalue weighted by molar-refractivity contribution is 0.0763. The Bertz CT molecular complexity index is 1120. The molecule has 32 heavy (non-hydrogen) atoms. The molecule has 6 heteroatoms. The summed E-state index contributed by atoms with van der Waals surface area (Å²) in [5.41, 5.74) is 4.99. The molecule has 2 aliphatic rings. The molecule has 3 aromatic rings. The van der Waals surface area contributed by atoms with E-state index in [9.17, 15) is 4.79 Å². The van der Waals surface area contributed by atoms with Crippen LogP contribution in [0.1, 0.15) is 46.2 Å². The van der Waals surface area contributed by atoms with E-state index < -0.39 is 0 Å². The first kappa shape index (κ1) is 20.5. The summed E-state index contributed by atoms with van der Waals surface area (Å²) in [5.74, 6) is 3.04. The first-order valence-electron chi connectivity index (χ1n) is 11.1. The van der Waals surface area contributed by atoms with Crippen molar-refractivity contribution in [1.29, 1.82) is 0 Å². The van der Waals surface area contributed by atoms with Gasteiger partial charge in [-0.2, -0.15) is 0 Å². The van der Waals surface area contributed by atoms with Crippen molar-refractivity contribution in [3.05, 3.63) is 71.2 Å². The number of benzene rings is 2. The summed E-state index contributed by atoms with van der Waals surface area (Å²) in [6, 6.07) is 15.4. The molecule has 0 saturated heterocycles. The quantitative estimate of drug-likeness (QED) is 0.606. The second-order valence-electron chi connectivity index (χ2n) is 8.38. The highest BCUT2D eigenvalue weighted by Gasteiger charge is 2.30. The number of ether oxygens (including phenoxy) is 2. The van der Waals surface area contributed by atoms with Crippen LogP contribution in [0, 0.1) is 0 Å². The van der Waals surface area contributed by atoms with Gasteiger partial charge < -0.3 is 14.4 Å². The number of fused-ring (bicyclic) bond motifs is 1. The van der Waals surface area contributed by atoms with E-state index in [4.69, 9.17) is 19.4 Å². The van der Waals surface area contributed by atoms with Crippen molar-refractivity contribution < 1.29 is 14.3 Å². The maximum Gasteiger partial charge on any atom is 0.253 e. The molecule has 1 amide bonds. The number of amides is 1. The predicted molar refractivity (Wildman–Crippen MR) is 122 cm³/mol. The molecule has 0 bridgehead atoms. The van der Waals surface area contributed by atoms with Gasteiger partial charge in [0, 0.05) is 47.8 Å². The minimum atomic E-state index is 0.0434. The molecule has 6 nitrogen and oxygen atoms in total. The van der Waals surface area contributed by atoms with Crippen molar-refractivity contribution in [2.75, 3.05) is 27.3 Å². The van der Waals surface area contributed by atoms with Gasteiger partial charge in [0.25, 0.3) is 5.91 Å². The maximum absolute atomic E-state index is 13.1. The van der Waals surface area contributed by atoms with Crippen molar-refractivity contribution in [3.63, 3.8) is 0 Å². The summed E-state index contributed by atoms with van der Waals surface area (Å²) in [6.45, 7) is 1.30. The first-order chi connectivity index (χ1) is 15.7. The van der Waals surface area contributed by atoms with Crippen LogP contribution >= 0.6 is 0 Å². The van der Waals surface area contributed by atoms with Crippen LogP contribution in [-0.2, 0) is 12.8 Å². The molecule has 2 heterocycles. The van der Waals surface area contributed by atoms with E-state index in [1.165, 1.54) is 0 Å². The maximum atomic E-state index is 13.1. The first-order valence-corrected chi connectivity index (χ1v) is 11.1. The van der Waals surface area contributed by atoms with Crippen LogP contribution in [0.15, 0.2) is 48.5 Å². The summed E-state index contributed by atoms with van der Waals surface area (Å²) < 4.78 is 10.5. The molecule has 2 aromatic carbocycles. The average molecular weight is 430 g/mol. The van der Waals surface area contributed by atoms with E-state index in [1.807, 2.05) is 41.3 Å². The number of carbonyl (C=O) groups excluding carboxylic acids is 1. The molecule has 5 rings (SSSR count). The fourth-order valence-electron chi connectivity index (χ4n) is 4.25. The molecule has 1 aromatic heterocycles. The van der Waals surface area contributed by atoms with Crippen molar-refractivity contribution in [3.8, 4) is 22.8 Å². The van der Waals surface area contributed by atoms with Crippen LogP contribution in [0.3, 0.4) is 0 Å². The van der Waals surface area contributed by atoms with Crippen LogP contribution in [0.4, 0.5) is 0 Å². The van der Waals surface area contributed by atoms with Crippen LogP contribution in [0.2, 0.25) is 0 Å². The third-order valence-corrected chi connectivity index (χ3v) is 6.29. The van der Waals surface area contributed by atoms with E-state index in [0.717, 1.165) is 65.5 Å². The molecule has 0 unspecified atom stereocenters. The second kappa shape index (κ2) is 8.61. The summed E-state index contributed by atoms with van der Waals surface area (Å²) in [5, 5.41) is 0. The Morgan fingerprint density at radius 3 is 2.12 bits per heavy atom. The highest BCUT2D eigenvalue weighted by Crippen LogP contribution is 2.40. The largest absolute Gasteiger partial charge is 0.497 e. The average Bonchev–Trinajstić information content (AvgIpc) is 3.70. The zero-order valence-electron chi connectivity index (χ0n) is 18.5. The highest BCUT2D eigenvalue weighted by atomic mass is 16.5. The topological polar surface area (TPSA) is 64.5 Å². The van der Waals surface area contributed by atoms with E-state index in [-0.39, 0.29) is 5.91 Å². The lowest BCUT2D eigenvalue weighted by atomic mass is 10.0. The molecule has 0 spiro atoms. The van der Waals surface area contributed by atoms with E-state index in [0.29, 0.717) is 24.6 Å². The SMILES string of the molecule is COc1ccc(C(=O)N2CCc3nc(C4CC4)nc(-c4ccc(OC)cc4)c3CC2)cc1. The Morgan fingerprint density at radius 2 is 1.50 bits per heavy atom. The van der Waals surface area contributed by atoms with Crippen LogP contribution in [-0.4, -0.2) is 48.1 Å². The summed E-state index contributed by atoms with van der Waals surface area (Å²) >= 11 is 0. The monoisotopic (exact) mass is 429 g/mol. The van der Waals surface area contributed by atoms with Gasteiger partial charge in [-0.25, -0.2) is 9.97 Å². The normalized spacial score (nSPS) is 15.6. The van der Waals surface area contributed by atoms with E-state index in [1.54, 1.807) is 14.2 Å². The minimum absolute atomic E-state index is 0.0434. The van der Waals surface area contributed by atoms with Gasteiger partial charge in [0.1, 0.15) is 17.3 Å². The van der Waals surface area contributed by atoms with Gasteiger partial charge in [-0.3, -0.25) is 4.79 Å². The molecule has 1 aliphatic carbocycles. The fraction of sp³-hybridized carbons (Fsp3) is 0.346. The number of rotatable bonds is 5. The Morgan fingerprint density at radius 1 is 0.875 bits per heavy atom. The van der Waals surface area contributed by atoms with Gasteiger partial charge in [-0.05, 0) is 67.8 Å². The number of carbonyl (C=O) groups is 1. The molecule has 1 saturated carbocycles. The molecule has 0 N–H and O–H groups in total. The van der Waals surface area contributed by atoms with Crippen molar-refractivity contribution in [1.82, 2.24) is 14.9 Å². The minimum Gasteiger partial charge on any atom is -0.497 e. The highest BCUT2D eigenvalue weighted by molar-refractivity contribution is 5.94. The van der Waals surface area contributed by atoms with E-state index >= 15 is 0 Å². The van der Waals surface area contributed by atoms with E-state index in [2.05, 4.69) is 12.1 Å². The third kappa shape index (κ3) is 4.05. The van der Waals surface area contributed by atoms with Gasteiger partial charge in [0.2, 0.25) is 0 Å². The third-order valence-electron chi connectivity index (χ3n) is 6.29. The number of nitrogens with zero attached hydrogens (tertiary/aromatic N) is 3. The Hall–Kier alpha value is -3.41. The van der Waals surface area contributed by atoms with Gasteiger partial charge in [0.15, 0.2) is 0 Å². The number of aromatic nitrogens is 2. The smallest absolute Gasteiger partial charge is 0.253 e. The van der Waals surface area contributed by atoms with Crippen LogP contribution < -0.4 is 9.47 Å².